The summed E-state index contributed by atoms with van der Waals surface area (Å²) in [6.07, 6.45) is 5.12. The number of hydrogen-bond donors (Lipinski definition) is 0. The molecule has 1 amide bonds. The Balaban J connectivity index is 1.97. The second kappa shape index (κ2) is 9.45. The van der Waals surface area contributed by atoms with Crippen molar-refractivity contribution in [3.05, 3.63) is 52.6 Å². The van der Waals surface area contributed by atoms with E-state index in [1.54, 1.807) is 38.1 Å². The number of pyridine rings is 1. The van der Waals surface area contributed by atoms with Crippen LogP contribution in [0.2, 0.25) is 0 Å². The number of esters is 1. The van der Waals surface area contributed by atoms with E-state index in [1.807, 2.05) is 30.5 Å². The van der Waals surface area contributed by atoms with Gasteiger partial charge in [-0.25, -0.2) is 4.79 Å². The fourth-order valence-electron chi connectivity index (χ4n) is 4.13. The Morgan fingerprint density at radius 3 is 2.52 bits per heavy atom. The number of rotatable bonds is 9. The van der Waals surface area contributed by atoms with Gasteiger partial charge in [0.25, 0.3) is 0 Å². The highest BCUT2D eigenvalue weighted by molar-refractivity contribution is 6.06. The lowest BCUT2D eigenvalue weighted by Gasteiger charge is -2.29. The van der Waals surface area contributed by atoms with Crippen LogP contribution in [0, 0.1) is 19.8 Å². The van der Waals surface area contributed by atoms with Crippen molar-refractivity contribution in [1.29, 1.82) is 0 Å². The second-order valence-corrected chi connectivity index (χ2v) is 8.04. The number of nitrogens with zero attached hydrogens (tertiary/aromatic N) is 3. The van der Waals surface area contributed by atoms with Gasteiger partial charge in [0.1, 0.15) is 5.69 Å². The molecular formula is C24H31N3O4. The van der Waals surface area contributed by atoms with Gasteiger partial charge in [-0.3, -0.25) is 14.6 Å². The van der Waals surface area contributed by atoms with Crippen molar-refractivity contribution in [2.75, 3.05) is 6.61 Å². The van der Waals surface area contributed by atoms with Crippen LogP contribution in [0.25, 0.3) is 0 Å². The van der Waals surface area contributed by atoms with E-state index in [-0.39, 0.29) is 24.2 Å². The van der Waals surface area contributed by atoms with E-state index in [0.29, 0.717) is 29.9 Å². The van der Waals surface area contributed by atoms with Crippen molar-refractivity contribution in [1.82, 2.24) is 14.5 Å². The quantitative estimate of drug-likeness (QED) is 0.452. The fraction of sp³-hybridized carbons (Fsp3) is 0.500. The summed E-state index contributed by atoms with van der Waals surface area (Å²) in [4.78, 5) is 45.1. The zero-order valence-electron chi connectivity index (χ0n) is 19.0. The lowest BCUT2D eigenvalue weighted by Crippen LogP contribution is -2.44. The molecule has 2 aromatic heterocycles. The van der Waals surface area contributed by atoms with Crippen molar-refractivity contribution in [2.24, 2.45) is 5.92 Å². The largest absolute Gasteiger partial charge is 0.461 e. The van der Waals surface area contributed by atoms with Crippen LogP contribution in [-0.4, -0.2) is 44.8 Å². The summed E-state index contributed by atoms with van der Waals surface area (Å²) in [5.74, 6) is -0.603. The molecule has 7 nitrogen and oxygen atoms in total. The van der Waals surface area contributed by atoms with Crippen LogP contribution < -0.4 is 0 Å². The zero-order valence-corrected chi connectivity index (χ0v) is 19.0. The molecule has 1 aliphatic carbocycles. The lowest BCUT2D eigenvalue weighted by molar-refractivity contribution is -0.134. The minimum Gasteiger partial charge on any atom is -0.461 e. The van der Waals surface area contributed by atoms with E-state index >= 15 is 0 Å². The van der Waals surface area contributed by atoms with Crippen molar-refractivity contribution in [3.8, 4) is 0 Å². The van der Waals surface area contributed by atoms with Crippen LogP contribution in [-0.2, 0) is 22.6 Å². The number of carbonyl (C=O) groups excluding carboxylic acids is 3. The first kappa shape index (κ1) is 22.7. The van der Waals surface area contributed by atoms with Crippen LogP contribution in [0.3, 0.4) is 0 Å². The molecular weight excluding hydrogens is 394 g/mol. The Hall–Kier alpha value is -2.96. The van der Waals surface area contributed by atoms with Gasteiger partial charge in [-0.15, -0.1) is 0 Å². The van der Waals surface area contributed by atoms with E-state index in [9.17, 15) is 14.4 Å². The van der Waals surface area contributed by atoms with Crippen molar-refractivity contribution in [3.63, 3.8) is 0 Å². The lowest BCUT2D eigenvalue weighted by atomic mass is 9.99. The first-order valence-corrected chi connectivity index (χ1v) is 10.9. The van der Waals surface area contributed by atoms with E-state index in [1.165, 1.54) is 0 Å². The molecule has 1 aliphatic rings. The second-order valence-electron chi connectivity index (χ2n) is 8.04. The molecule has 3 rings (SSSR count). The predicted molar refractivity (Wildman–Crippen MR) is 117 cm³/mol. The normalized spacial score (nSPS) is 14.2. The van der Waals surface area contributed by atoms with Gasteiger partial charge in [0.2, 0.25) is 5.91 Å². The van der Waals surface area contributed by atoms with Crippen LogP contribution in [0.4, 0.5) is 0 Å². The molecule has 0 aliphatic heterocycles. The number of aromatic nitrogens is 2. The molecule has 2 heterocycles. The Labute approximate surface area is 183 Å². The molecule has 1 fully saturated rings. The van der Waals surface area contributed by atoms with Gasteiger partial charge in [-0.2, -0.15) is 0 Å². The van der Waals surface area contributed by atoms with Gasteiger partial charge in [-0.1, -0.05) is 6.07 Å². The summed E-state index contributed by atoms with van der Waals surface area (Å²) >= 11 is 0. The van der Waals surface area contributed by atoms with E-state index in [2.05, 4.69) is 4.98 Å². The molecule has 1 saturated carbocycles. The predicted octanol–water partition coefficient (Wildman–Crippen LogP) is 3.71. The molecule has 0 N–H and O–H groups in total. The van der Waals surface area contributed by atoms with E-state index in [0.717, 1.165) is 24.1 Å². The Morgan fingerprint density at radius 2 is 1.97 bits per heavy atom. The Bertz CT molecular complexity index is 976. The third-order valence-corrected chi connectivity index (χ3v) is 5.93. The summed E-state index contributed by atoms with van der Waals surface area (Å²) in [5, 5.41) is 0. The molecule has 0 saturated heterocycles. The summed E-state index contributed by atoms with van der Waals surface area (Å²) < 4.78 is 7.04. The minimum absolute atomic E-state index is 0.000509. The first-order valence-electron chi connectivity index (χ1n) is 10.9. The number of hydrogen-bond acceptors (Lipinski definition) is 5. The van der Waals surface area contributed by atoms with Gasteiger partial charge in [-0.05, 0) is 64.7 Å². The maximum absolute atomic E-state index is 13.7. The van der Waals surface area contributed by atoms with Gasteiger partial charge in [0, 0.05) is 42.7 Å². The van der Waals surface area contributed by atoms with E-state index in [4.69, 9.17) is 4.74 Å². The summed E-state index contributed by atoms with van der Waals surface area (Å²) in [6, 6.07) is 3.07. The van der Waals surface area contributed by atoms with Crippen molar-refractivity contribution < 1.29 is 19.1 Å². The van der Waals surface area contributed by atoms with Crippen molar-refractivity contribution >= 4 is 17.7 Å². The monoisotopic (exact) mass is 425 g/mol. The molecule has 1 atom stereocenters. The molecule has 1 unspecified atom stereocenters. The smallest absolute Gasteiger partial charge is 0.355 e. The third kappa shape index (κ3) is 4.55. The minimum atomic E-state index is -0.659. The standard InChI is InChI=1S/C24H31N3O4/c1-6-26-16(4)20(15(3)21(26)24(30)31-7-2)22(28)17(5)27(23(29)19-10-11-19)14-18-9-8-12-25-13-18/h8-9,12-13,17,19H,6-7,10-11,14H2,1-5H3. The van der Waals surface area contributed by atoms with Crippen molar-refractivity contribution in [2.45, 2.75) is 66.6 Å². The highest BCUT2D eigenvalue weighted by atomic mass is 16.5. The maximum Gasteiger partial charge on any atom is 0.355 e. The number of amides is 1. The molecule has 0 radical (unpaired) electrons. The summed E-state index contributed by atoms with van der Waals surface area (Å²) in [6.45, 7) is 10.2. The Morgan fingerprint density at radius 1 is 1.26 bits per heavy atom. The molecule has 7 heteroatoms. The summed E-state index contributed by atoms with van der Waals surface area (Å²) in [5.41, 5.74) is 3.11. The van der Waals surface area contributed by atoms with Crippen LogP contribution in [0.5, 0.6) is 0 Å². The molecule has 2 aromatic rings. The third-order valence-electron chi connectivity index (χ3n) is 5.93. The Kier molecular flexibility index (Phi) is 6.93. The zero-order chi connectivity index (χ0) is 22.7. The fourth-order valence-corrected chi connectivity index (χ4v) is 4.13. The first-order chi connectivity index (χ1) is 14.8. The number of Topliss-reactive ketones (excluding diaryl/α,β-unsaturated/α-hetero) is 1. The maximum atomic E-state index is 13.7. The average molecular weight is 426 g/mol. The highest BCUT2D eigenvalue weighted by Gasteiger charge is 2.38. The van der Waals surface area contributed by atoms with Gasteiger partial charge < -0.3 is 14.2 Å². The molecule has 0 bridgehead atoms. The SMILES string of the molecule is CCOC(=O)c1c(C)c(C(=O)C(C)N(Cc2cccnc2)C(=O)C2CC2)c(C)n1CC. The van der Waals surface area contributed by atoms with Crippen LogP contribution >= 0.6 is 0 Å². The van der Waals surface area contributed by atoms with Gasteiger partial charge in [0.05, 0.1) is 12.6 Å². The number of ether oxygens (including phenoxy) is 1. The summed E-state index contributed by atoms with van der Waals surface area (Å²) in [7, 11) is 0. The molecule has 0 aromatic carbocycles. The topological polar surface area (TPSA) is 81.5 Å². The van der Waals surface area contributed by atoms with Gasteiger partial charge >= 0.3 is 5.97 Å². The number of carbonyl (C=O) groups is 3. The average Bonchev–Trinajstić information content (AvgIpc) is 3.57. The van der Waals surface area contributed by atoms with Gasteiger partial charge in [0.15, 0.2) is 5.78 Å². The van der Waals surface area contributed by atoms with Crippen LogP contribution in [0.1, 0.15) is 71.3 Å². The van der Waals surface area contributed by atoms with Crippen LogP contribution in [0.15, 0.2) is 24.5 Å². The molecule has 166 valence electrons. The van der Waals surface area contributed by atoms with E-state index < -0.39 is 12.0 Å². The highest BCUT2D eigenvalue weighted by Crippen LogP contribution is 2.33. The molecule has 31 heavy (non-hydrogen) atoms. The molecule has 0 spiro atoms. The number of ketones is 1.